The maximum Gasteiger partial charge on any atom is 0.240 e. The van der Waals surface area contributed by atoms with E-state index >= 15 is 0 Å². The molecule has 0 aromatic heterocycles. The van der Waals surface area contributed by atoms with Gasteiger partial charge in [0.1, 0.15) is 0 Å². The Morgan fingerprint density at radius 3 is 2.42 bits per heavy atom. The molecule has 1 atom stereocenters. The third-order valence-electron chi connectivity index (χ3n) is 1.67. The van der Waals surface area contributed by atoms with E-state index in [1.165, 1.54) is 21.1 Å². The summed E-state index contributed by atoms with van der Waals surface area (Å²) in [6.45, 7) is 1.68. The molecule has 0 saturated heterocycles. The van der Waals surface area contributed by atoms with Crippen LogP contribution in [0.3, 0.4) is 0 Å². The molecule has 0 aromatic rings. The lowest BCUT2D eigenvalue weighted by atomic mass is 10.0. The van der Waals surface area contributed by atoms with Crippen molar-refractivity contribution in [2.45, 2.75) is 18.9 Å². The van der Waals surface area contributed by atoms with E-state index in [4.69, 9.17) is 9.47 Å². The fourth-order valence-corrected chi connectivity index (χ4v) is 0.646. The van der Waals surface area contributed by atoms with Crippen molar-refractivity contribution in [3.8, 4) is 0 Å². The molecule has 0 fully saturated rings. The summed E-state index contributed by atoms with van der Waals surface area (Å²) in [5, 5.41) is 0. The van der Waals surface area contributed by atoms with Crippen molar-refractivity contribution in [3.05, 3.63) is 0 Å². The van der Waals surface area contributed by atoms with Crippen LogP contribution in [0, 0.1) is 0 Å². The van der Waals surface area contributed by atoms with Gasteiger partial charge in [-0.2, -0.15) is 0 Å². The van der Waals surface area contributed by atoms with Gasteiger partial charge in [0, 0.05) is 20.6 Å². The van der Waals surface area contributed by atoms with Crippen LogP contribution >= 0.6 is 0 Å². The Labute approximate surface area is 71.8 Å². The molecular weight excluding hydrogens is 160 g/mol. The molecule has 4 nitrogen and oxygen atoms in total. The molecule has 0 heterocycles. The summed E-state index contributed by atoms with van der Waals surface area (Å²) in [5.74, 6) is -0.318. The molecule has 1 unspecified atom stereocenters. The molecule has 12 heavy (non-hydrogen) atoms. The minimum atomic E-state index is -1.43. The summed E-state index contributed by atoms with van der Waals surface area (Å²) in [6, 6.07) is 0. The predicted molar refractivity (Wildman–Crippen MR) is 42.6 cm³/mol. The predicted octanol–water partition coefficient (Wildman–Crippen LogP) is 0.107. The first-order valence-electron chi connectivity index (χ1n) is 3.57. The second kappa shape index (κ2) is 5.00. The van der Waals surface area contributed by atoms with Crippen molar-refractivity contribution >= 4 is 12.1 Å². The zero-order chi connectivity index (χ0) is 9.61. The fourth-order valence-electron chi connectivity index (χ4n) is 0.646. The number of ketones is 1. The Hall–Kier alpha value is -0.740. The maximum absolute atomic E-state index is 11.2. The van der Waals surface area contributed by atoms with E-state index in [0.29, 0.717) is 6.61 Å². The van der Waals surface area contributed by atoms with Crippen LogP contribution in [0.25, 0.3) is 0 Å². The Bertz CT molecular complexity index is 166. The molecule has 0 rings (SSSR count). The van der Waals surface area contributed by atoms with Crippen LogP contribution in [-0.4, -0.2) is 38.5 Å². The summed E-state index contributed by atoms with van der Waals surface area (Å²) in [7, 11) is 2.79. The first-order chi connectivity index (χ1) is 5.60. The monoisotopic (exact) mass is 173 g/mol. The summed E-state index contributed by atoms with van der Waals surface area (Å²) in [5.41, 5.74) is -1.43. The van der Waals surface area contributed by atoms with E-state index in [1.807, 2.05) is 0 Å². The zero-order valence-electron chi connectivity index (χ0n) is 7.55. The average Bonchev–Trinajstić information content (AvgIpc) is 2.12. The summed E-state index contributed by atoms with van der Waals surface area (Å²) < 4.78 is 9.41. The van der Waals surface area contributed by atoms with Crippen LogP contribution in [0.2, 0.25) is 0 Å². The molecule has 69 valence electrons. The molecule has 0 aliphatic rings. The molecule has 0 aromatic carbocycles. The van der Waals surface area contributed by atoms with Crippen molar-refractivity contribution in [2.75, 3.05) is 20.8 Å². The van der Waals surface area contributed by atoms with Gasteiger partial charge in [0.2, 0.25) is 6.29 Å². The normalized spacial score (nSPS) is 15.2. The van der Waals surface area contributed by atoms with E-state index in [2.05, 4.69) is 0 Å². The first kappa shape index (κ1) is 11.3. The molecule has 0 aliphatic carbocycles. The first-order valence-corrected chi connectivity index (χ1v) is 3.57. The van der Waals surface area contributed by atoms with Crippen molar-refractivity contribution in [3.63, 3.8) is 0 Å². The lowest BCUT2D eigenvalue weighted by molar-refractivity contribution is -0.133. The second-order valence-electron chi connectivity index (χ2n) is 2.51. The van der Waals surface area contributed by atoms with Gasteiger partial charge in [-0.05, 0) is 6.92 Å². The quantitative estimate of drug-likeness (QED) is 0.535. The summed E-state index contributed by atoms with van der Waals surface area (Å²) in [6.07, 6.45) is 1.72. The number of carbonyl (C=O) groups excluding carboxylic acids is 2. The van der Waals surface area contributed by atoms with Gasteiger partial charge in [-0.25, -0.2) is 0 Å². The number of carbonyl (C=O) groups is 1. The third-order valence-corrected chi connectivity index (χ3v) is 1.67. The lowest BCUT2D eigenvalue weighted by Gasteiger charge is -2.17. The molecular formula is C8H13O4. The summed E-state index contributed by atoms with van der Waals surface area (Å²) >= 11 is 0. The highest BCUT2D eigenvalue weighted by atomic mass is 16.5. The number of ether oxygens (including phenoxy) is 2. The van der Waals surface area contributed by atoms with E-state index in [0.717, 1.165) is 0 Å². The molecule has 0 spiro atoms. The van der Waals surface area contributed by atoms with Crippen LogP contribution in [0.15, 0.2) is 0 Å². The molecule has 0 bridgehead atoms. The summed E-state index contributed by atoms with van der Waals surface area (Å²) in [4.78, 5) is 21.6. The number of hydrogen-bond acceptors (Lipinski definition) is 4. The van der Waals surface area contributed by atoms with Crippen LogP contribution in [0.4, 0.5) is 0 Å². The van der Waals surface area contributed by atoms with Crippen LogP contribution in [0.1, 0.15) is 13.3 Å². The smallest absolute Gasteiger partial charge is 0.240 e. The maximum atomic E-state index is 11.2. The van der Waals surface area contributed by atoms with Crippen molar-refractivity contribution in [2.24, 2.45) is 0 Å². The fraction of sp³-hybridized carbons (Fsp3) is 0.750. The van der Waals surface area contributed by atoms with Crippen LogP contribution < -0.4 is 0 Å². The molecule has 0 N–H and O–H groups in total. The Balaban J connectivity index is 4.12. The van der Waals surface area contributed by atoms with Gasteiger partial charge in [0.05, 0.1) is 6.61 Å². The van der Waals surface area contributed by atoms with Gasteiger partial charge in [-0.15, -0.1) is 0 Å². The van der Waals surface area contributed by atoms with Gasteiger partial charge in [-0.3, -0.25) is 9.59 Å². The van der Waals surface area contributed by atoms with Gasteiger partial charge < -0.3 is 9.47 Å². The molecule has 0 saturated carbocycles. The highest BCUT2D eigenvalue weighted by molar-refractivity contribution is 6.01. The highest BCUT2D eigenvalue weighted by Gasteiger charge is 2.32. The minimum Gasteiger partial charge on any atom is -0.384 e. The Morgan fingerprint density at radius 1 is 1.50 bits per heavy atom. The van der Waals surface area contributed by atoms with Gasteiger partial charge >= 0.3 is 0 Å². The average molecular weight is 173 g/mol. The molecule has 1 radical (unpaired) electrons. The van der Waals surface area contributed by atoms with Crippen molar-refractivity contribution < 1.29 is 19.1 Å². The minimum absolute atomic E-state index is 0.163. The molecule has 4 heteroatoms. The lowest BCUT2D eigenvalue weighted by Crippen LogP contribution is -2.39. The number of hydrogen-bond donors (Lipinski definition) is 0. The van der Waals surface area contributed by atoms with E-state index < -0.39 is 5.60 Å². The Kier molecular flexibility index (Phi) is 4.70. The topological polar surface area (TPSA) is 52.6 Å². The zero-order valence-corrected chi connectivity index (χ0v) is 7.55. The van der Waals surface area contributed by atoms with Crippen LogP contribution in [0.5, 0.6) is 0 Å². The van der Waals surface area contributed by atoms with Gasteiger partial charge in [0.25, 0.3) is 0 Å². The van der Waals surface area contributed by atoms with Gasteiger partial charge in [-0.1, -0.05) is 0 Å². The highest BCUT2D eigenvalue weighted by Crippen LogP contribution is 2.09. The van der Waals surface area contributed by atoms with E-state index in [1.54, 1.807) is 6.29 Å². The number of methoxy groups -OCH3 is 2. The van der Waals surface area contributed by atoms with Crippen LogP contribution in [-0.2, 0) is 19.1 Å². The second-order valence-corrected chi connectivity index (χ2v) is 2.51. The van der Waals surface area contributed by atoms with Crippen molar-refractivity contribution in [1.82, 2.24) is 0 Å². The number of rotatable bonds is 6. The largest absolute Gasteiger partial charge is 0.384 e. The van der Waals surface area contributed by atoms with Crippen molar-refractivity contribution in [1.29, 1.82) is 0 Å². The molecule has 0 amide bonds. The SMILES string of the molecule is COCCC(=O)C(C)([C]=O)OC. The van der Waals surface area contributed by atoms with E-state index in [-0.39, 0.29) is 12.2 Å². The van der Waals surface area contributed by atoms with E-state index in [9.17, 15) is 9.59 Å². The van der Waals surface area contributed by atoms with Gasteiger partial charge in [0.15, 0.2) is 11.4 Å². The standard InChI is InChI=1S/C8H13O4/c1-8(6-9,12-3)7(10)4-5-11-2/h4-5H2,1-3H3. The molecule has 0 aliphatic heterocycles. The third kappa shape index (κ3) is 2.71. The number of Topliss-reactive ketones (excluding diaryl/α,β-unsaturated/α-hetero) is 1. The Morgan fingerprint density at radius 2 is 2.08 bits per heavy atom.